The maximum atomic E-state index is 4.76. The lowest BCUT2D eigenvalue weighted by atomic mass is 10.00. The molecule has 1 aliphatic rings. The standard InChI is InChI=1S/C14H20N2S/c1-10-6-5-7-12(8-10)15-13-16-14(3,4)9-11(2)17-13/h5-8,11H,9H2,1-4H3,(H,15,16). The zero-order valence-electron chi connectivity index (χ0n) is 10.9. The minimum Gasteiger partial charge on any atom is -0.335 e. The first-order chi connectivity index (χ1) is 7.94. The van der Waals surface area contributed by atoms with Crippen LogP contribution in [-0.4, -0.2) is 16.0 Å². The molecule has 92 valence electrons. The lowest BCUT2D eigenvalue weighted by molar-refractivity contribution is 0.477. The summed E-state index contributed by atoms with van der Waals surface area (Å²) >= 11 is 1.83. The lowest BCUT2D eigenvalue weighted by Crippen LogP contribution is -2.31. The van der Waals surface area contributed by atoms with E-state index in [-0.39, 0.29) is 5.54 Å². The van der Waals surface area contributed by atoms with Crippen molar-refractivity contribution in [1.29, 1.82) is 0 Å². The first-order valence-corrected chi connectivity index (χ1v) is 6.93. The minimum absolute atomic E-state index is 0.0524. The van der Waals surface area contributed by atoms with Crippen molar-refractivity contribution in [3.8, 4) is 0 Å². The van der Waals surface area contributed by atoms with Gasteiger partial charge in [0.15, 0.2) is 5.17 Å². The number of benzene rings is 1. The summed E-state index contributed by atoms with van der Waals surface area (Å²) in [5, 5.41) is 5.08. The number of thioether (sulfide) groups is 1. The van der Waals surface area contributed by atoms with Crippen LogP contribution in [0.1, 0.15) is 32.8 Å². The zero-order chi connectivity index (χ0) is 12.5. The molecule has 0 amide bonds. The monoisotopic (exact) mass is 248 g/mol. The highest BCUT2D eigenvalue weighted by atomic mass is 32.2. The predicted octanol–water partition coefficient (Wildman–Crippen LogP) is 4.07. The summed E-state index contributed by atoms with van der Waals surface area (Å²) in [6.07, 6.45) is 1.14. The number of amidine groups is 1. The lowest BCUT2D eigenvalue weighted by Gasteiger charge is -2.30. The van der Waals surface area contributed by atoms with E-state index in [4.69, 9.17) is 4.99 Å². The van der Waals surface area contributed by atoms with E-state index in [1.165, 1.54) is 5.56 Å². The molecule has 0 aliphatic carbocycles. The first-order valence-electron chi connectivity index (χ1n) is 6.05. The number of aliphatic imine (C=N–C) groups is 1. The van der Waals surface area contributed by atoms with Gasteiger partial charge in [-0.15, -0.1) is 0 Å². The number of anilines is 1. The fourth-order valence-electron chi connectivity index (χ4n) is 2.19. The van der Waals surface area contributed by atoms with Gasteiger partial charge < -0.3 is 5.32 Å². The molecule has 0 saturated heterocycles. The molecule has 0 bridgehead atoms. The summed E-state index contributed by atoms with van der Waals surface area (Å²) in [5.74, 6) is 0. The Kier molecular flexibility index (Phi) is 3.48. The normalized spacial score (nSPS) is 23.1. The predicted molar refractivity (Wildman–Crippen MR) is 78.0 cm³/mol. The Balaban J connectivity index is 2.16. The fraction of sp³-hybridized carbons (Fsp3) is 0.500. The molecule has 3 heteroatoms. The average molecular weight is 248 g/mol. The summed E-state index contributed by atoms with van der Waals surface area (Å²) in [7, 11) is 0. The molecule has 2 rings (SSSR count). The van der Waals surface area contributed by atoms with Crippen molar-refractivity contribution in [3.05, 3.63) is 29.8 Å². The average Bonchev–Trinajstić information content (AvgIpc) is 2.13. The van der Waals surface area contributed by atoms with Gasteiger partial charge in [0.25, 0.3) is 0 Å². The third-order valence-corrected chi connectivity index (χ3v) is 3.76. The highest BCUT2D eigenvalue weighted by Gasteiger charge is 2.27. The molecule has 0 radical (unpaired) electrons. The summed E-state index contributed by atoms with van der Waals surface area (Å²) < 4.78 is 0. The third-order valence-electron chi connectivity index (χ3n) is 2.77. The van der Waals surface area contributed by atoms with Gasteiger partial charge in [0.1, 0.15) is 0 Å². The van der Waals surface area contributed by atoms with Gasteiger partial charge in [0.05, 0.1) is 5.54 Å². The van der Waals surface area contributed by atoms with E-state index in [0.29, 0.717) is 5.25 Å². The Hall–Kier alpha value is -0.960. The van der Waals surface area contributed by atoms with Gasteiger partial charge in [-0.05, 0) is 44.9 Å². The van der Waals surface area contributed by atoms with E-state index in [9.17, 15) is 0 Å². The molecular formula is C14H20N2S. The van der Waals surface area contributed by atoms with Gasteiger partial charge in [-0.25, -0.2) is 0 Å². The van der Waals surface area contributed by atoms with Crippen LogP contribution in [0.3, 0.4) is 0 Å². The number of nitrogens with one attached hydrogen (secondary N) is 1. The van der Waals surface area contributed by atoms with Crippen LogP contribution in [0, 0.1) is 6.92 Å². The Bertz CT molecular complexity index is 438. The van der Waals surface area contributed by atoms with E-state index in [1.807, 2.05) is 11.8 Å². The second-order valence-electron chi connectivity index (χ2n) is 5.36. The molecule has 0 spiro atoms. The van der Waals surface area contributed by atoms with Crippen LogP contribution >= 0.6 is 11.8 Å². The quantitative estimate of drug-likeness (QED) is 0.810. The van der Waals surface area contributed by atoms with E-state index in [1.54, 1.807) is 0 Å². The highest BCUT2D eigenvalue weighted by molar-refractivity contribution is 8.14. The minimum atomic E-state index is 0.0524. The molecule has 1 aromatic carbocycles. The van der Waals surface area contributed by atoms with Crippen molar-refractivity contribution in [3.63, 3.8) is 0 Å². The van der Waals surface area contributed by atoms with Crippen molar-refractivity contribution in [1.82, 2.24) is 0 Å². The summed E-state index contributed by atoms with van der Waals surface area (Å²) in [5.41, 5.74) is 2.45. The van der Waals surface area contributed by atoms with Crippen LogP contribution in [0.5, 0.6) is 0 Å². The molecule has 1 aliphatic heterocycles. The molecule has 0 saturated carbocycles. The maximum absolute atomic E-state index is 4.76. The number of aryl methyl sites for hydroxylation is 1. The van der Waals surface area contributed by atoms with Crippen molar-refractivity contribution in [2.75, 3.05) is 5.32 Å². The van der Waals surface area contributed by atoms with Crippen LogP contribution in [-0.2, 0) is 0 Å². The van der Waals surface area contributed by atoms with Crippen molar-refractivity contribution in [2.45, 2.75) is 44.9 Å². The Morgan fingerprint density at radius 2 is 2.18 bits per heavy atom. The molecule has 0 aromatic heterocycles. The van der Waals surface area contributed by atoms with Gasteiger partial charge in [0.2, 0.25) is 0 Å². The first kappa shape index (κ1) is 12.5. The van der Waals surface area contributed by atoms with Crippen molar-refractivity contribution >= 4 is 22.6 Å². The number of nitrogens with zero attached hydrogens (tertiary/aromatic N) is 1. The van der Waals surface area contributed by atoms with Crippen LogP contribution in [0.25, 0.3) is 0 Å². The van der Waals surface area contributed by atoms with E-state index < -0.39 is 0 Å². The smallest absolute Gasteiger partial charge is 0.161 e. The van der Waals surface area contributed by atoms with Crippen LogP contribution in [0.4, 0.5) is 5.69 Å². The fourth-order valence-corrected chi connectivity index (χ4v) is 3.54. The second-order valence-corrected chi connectivity index (χ2v) is 6.78. The van der Waals surface area contributed by atoms with Gasteiger partial charge in [0, 0.05) is 10.9 Å². The molecule has 2 nitrogen and oxygen atoms in total. The van der Waals surface area contributed by atoms with Crippen molar-refractivity contribution in [2.24, 2.45) is 4.99 Å². The molecule has 1 atom stereocenters. The topological polar surface area (TPSA) is 24.4 Å². The van der Waals surface area contributed by atoms with Crippen molar-refractivity contribution < 1.29 is 0 Å². The molecular weight excluding hydrogens is 228 g/mol. The van der Waals surface area contributed by atoms with E-state index in [2.05, 4.69) is 57.3 Å². The summed E-state index contributed by atoms with van der Waals surface area (Å²) in [6, 6.07) is 8.41. The third kappa shape index (κ3) is 3.50. The largest absolute Gasteiger partial charge is 0.335 e. The summed E-state index contributed by atoms with van der Waals surface area (Å²) in [4.78, 5) is 4.76. The molecule has 1 heterocycles. The highest BCUT2D eigenvalue weighted by Crippen LogP contribution is 2.32. The van der Waals surface area contributed by atoms with Gasteiger partial charge in [-0.1, -0.05) is 30.8 Å². The van der Waals surface area contributed by atoms with Crippen LogP contribution in [0.2, 0.25) is 0 Å². The molecule has 1 aromatic rings. The molecule has 0 fully saturated rings. The Labute approximate surface area is 108 Å². The second kappa shape index (κ2) is 4.73. The maximum Gasteiger partial charge on any atom is 0.161 e. The Morgan fingerprint density at radius 3 is 2.82 bits per heavy atom. The van der Waals surface area contributed by atoms with Gasteiger partial charge in [-0.3, -0.25) is 4.99 Å². The van der Waals surface area contributed by atoms with Gasteiger partial charge >= 0.3 is 0 Å². The molecule has 1 N–H and O–H groups in total. The van der Waals surface area contributed by atoms with E-state index >= 15 is 0 Å². The van der Waals surface area contributed by atoms with Gasteiger partial charge in [-0.2, -0.15) is 0 Å². The zero-order valence-corrected chi connectivity index (χ0v) is 11.8. The van der Waals surface area contributed by atoms with E-state index in [0.717, 1.165) is 17.3 Å². The molecule has 17 heavy (non-hydrogen) atoms. The summed E-state index contributed by atoms with van der Waals surface area (Å²) in [6.45, 7) is 8.76. The Morgan fingerprint density at radius 1 is 1.41 bits per heavy atom. The molecule has 1 unspecified atom stereocenters. The SMILES string of the molecule is Cc1cccc(NC2=NC(C)(C)CC(C)S2)c1. The number of rotatable bonds is 1. The van der Waals surface area contributed by atoms with Crippen LogP contribution in [0.15, 0.2) is 29.3 Å². The van der Waals surface area contributed by atoms with Crippen LogP contribution < -0.4 is 5.32 Å². The number of hydrogen-bond donors (Lipinski definition) is 1. The number of hydrogen-bond acceptors (Lipinski definition) is 3.